The molecule has 3 aromatic heterocycles. The van der Waals surface area contributed by atoms with Crippen molar-refractivity contribution in [3.8, 4) is 0 Å². The highest BCUT2D eigenvalue weighted by Gasteiger charge is 2.25. The lowest BCUT2D eigenvalue weighted by Crippen LogP contribution is -2.27. The van der Waals surface area contributed by atoms with E-state index in [-0.39, 0.29) is 0 Å². The van der Waals surface area contributed by atoms with Crippen molar-refractivity contribution < 1.29 is 0 Å². The average Bonchev–Trinajstić information content (AvgIpc) is 3.21. The molecule has 1 fully saturated rings. The SMILES string of the molecule is CCc1nnc2ccc(NC3CCN(c4ncccc4Cl)C3)nn12. The summed E-state index contributed by atoms with van der Waals surface area (Å²) >= 11 is 6.24. The number of rotatable bonds is 4. The first-order chi connectivity index (χ1) is 11.7. The Morgan fingerprint density at radius 2 is 2.21 bits per heavy atom. The highest BCUT2D eigenvalue weighted by atomic mass is 35.5. The van der Waals surface area contributed by atoms with Crippen LogP contribution in [0.1, 0.15) is 19.2 Å². The van der Waals surface area contributed by atoms with E-state index in [1.165, 1.54) is 0 Å². The zero-order chi connectivity index (χ0) is 16.5. The standard InChI is InChI=1S/C16H18ClN7/c1-2-14-20-21-15-6-5-13(22-24(14)15)19-11-7-9-23(10-11)16-12(17)4-3-8-18-16/h3-6,8,11H,2,7,9-10H2,1H3,(H,19,22). The third kappa shape index (κ3) is 2.75. The molecule has 7 nitrogen and oxygen atoms in total. The Hall–Kier alpha value is -2.41. The molecule has 0 aromatic carbocycles. The van der Waals surface area contributed by atoms with Crippen molar-refractivity contribution in [3.63, 3.8) is 0 Å². The van der Waals surface area contributed by atoms with Crippen molar-refractivity contribution in [1.82, 2.24) is 24.8 Å². The molecule has 0 spiro atoms. The first-order valence-electron chi connectivity index (χ1n) is 8.08. The van der Waals surface area contributed by atoms with Crippen LogP contribution in [0.25, 0.3) is 5.65 Å². The van der Waals surface area contributed by atoms with Gasteiger partial charge in [-0.15, -0.1) is 15.3 Å². The molecule has 1 aliphatic heterocycles. The molecule has 1 aliphatic rings. The van der Waals surface area contributed by atoms with Crippen LogP contribution in [0, 0.1) is 0 Å². The molecule has 4 heterocycles. The van der Waals surface area contributed by atoms with Crippen molar-refractivity contribution in [2.24, 2.45) is 0 Å². The fourth-order valence-corrected chi connectivity index (χ4v) is 3.26. The molecule has 1 atom stereocenters. The molecular weight excluding hydrogens is 326 g/mol. The second-order valence-electron chi connectivity index (χ2n) is 5.84. The Bertz CT molecular complexity index is 863. The van der Waals surface area contributed by atoms with Crippen molar-refractivity contribution in [3.05, 3.63) is 41.3 Å². The second kappa shape index (κ2) is 6.24. The van der Waals surface area contributed by atoms with Gasteiger partial charge < -0.3 is 10.2 Å². The number of pyridine rings is 1. The first-order valence-corrected chi connectivity index (χ1v) is 8.45. The lowest BCUT2D eigenvalue weighted by atomic mass is 10.2. The topological polar surface area (TPSA) is 71.2 Å². The number of aromatic nitrogens is 5. The summed E-state index contributed by atoms with van der Waals surface area (Å²) in [5, 5.41) is 17.0. The van der Waals surface area contributed by atoms with Gasteiger partial charge in [0.05, 0.1) is 5.02 Å². The maximum absolute atomic E-state index is 6.24. The summed E-state index contributed by atoms with van der Waals surface area (Å²) in [7, 11) is 0. The predicted molar refractivity (Wildman–Crippen MR) is 93.6 cm³/mol. The first kappa shape index (κ1) is 15.1. The molecule has 8 heteroatoms. The van der Waals surface area contributed by atoms with Crippen LogP contribution < -0.4 is 10.2 Å². The van der Waals surface area contributed by atoms with Gasteiger partial charge in [-0.25, -0.2) is 4.98 Å². The maximum atomic E-state index is 6.24. The third-order valence-electron chi connectivity index (χ3n) is 4.22. The van der Waals surface area contributed by atoms with E-state index in [1.54, 1.807) is 10.7 Å². The van der Waals surface area contributed by atoms with Crippen molar-refractivity contribution >= 4 is 28.9 Å². The Morgan fingerprint density at radius 3 is 3.04 bits per heavy atom. The van der Waals surface area contributed by atoms with Crippen LogP contribution >= 0.6 is 11.6 Å². The highest BCUT2D eigenvalue weighted by molar-refractivity contribution is 6.32. The molecule has 1 unspecified atom stereocenters. The fourth-order valence-electron chi connectivity index (χ4n) is 3.02. The molecule has 0 aliphatic carbocycles. The Morgan fingerprint density at radius 1 is 1.29 bits per heavy atom. The molecule has 0 radical (unpaired) electrons. The van der Waals surface area contributed by atoms with Gasteiger partial charge in [0, 0.05) is 31.7 Å². The Kier molecular flexibility index (Phi) is 3.93. The van der Waals surface area contributed by atoms with Gasteiger partial charge in [0.15, 0.2) is 11.5 Å². The van der Waals surface area contributed by atoms with Crippen molar-refractivity contribution in [1.29, 1.82) is 0 Å². The molecule has 0 bridgehead atoms. The van der Waals surface area contributed by atoms with E-state index in [0.717, 1.165) is 49.0 Å². The molecular formula is C16H18ClN7. The quantitative estimate of drug-likeness (QED) is 0.784. The minimum atomic E-state index is 0.301. The van der Waals surface area contributed by atoms with Gasteiger partial charge in [0.2, 0.25) is 0 Å². The zero-order valence-corrected chi connectivity index (χ0v) is 14.1. The van der Waals surface area contributed by atoms with Gasteiger partial charge in [-0.3, -0.25) is 0 Å². The summed E-state index contributed by atoms with van der Waals surface area (Å²) in [4.78, 5) is 6.59. The summed E-state index contributed by atoms with van der Waals surface area (Å²) in [5.41, 5.74) is 0.769. The number of halogens is 1. The van der Waals surface area contributed by atoms with Gasteiger partial charge in [0.25, 0.3) is 0 Å². The fraction of sp³-hybridized carbons (Fsp3) is 0.375. The van der Waals surface area contributed by atoms with Crippen LogP contribution in [0.3, 0.4) is 0 Å². The van der Waals surface area contributed by atoms with E-state index in [9.17, 15) is 0 Å². The lowest BCUT2D eigenvalue weighted by Gasteiger charge is -2.19. The predicted octanol–water partition coefficient (Wildman–Crippen LogP) is 2.43. The molecule has 1 saturated heterocycles. The van der Waals surface area contributed by atoms with Crippen LogP contribution in [0.4, 0.5) is 11.6 Å². The monoisotopic (exact) mass is 343 g/mol. The number of hydrogen-bond donors (Lipinski definition) is 1. The minimum absolute atomic E-state index is 0.301. The smallest absolute Gasteiger partial charge is 0.178 e. The van der Waals surface area contributed by atoms with E-state index in [0.29, 0.717) is 11.1 Å². The maximum Gasteiger partial charge on any atom is 0.178 e. The van der Waals surface area contributed by atoms with E-state index in [2.05, 4.69) is 30.5 Å². The number of nitrogens with one attached hydrogen (secondary N) is 1. The number of anilines is 2. The average molecular weight is 344 g/mol. The zero-order valence-electron chi connectivity index (χ0n) is 13.4. The third-order valence-corrected chi connectivity index (χ3v) is 4.52. The summed E-state index contributed by atoms with van der Waals surface area (Å²) in [6, 6.07) is 7.90. The lowest BCUT2D eigenvalue weighted by molar-refractivity contribution is 0.774. The largest absolute Gasteiger partial charge is 0.364 e. The van der Waals surface area contributed by atoms with Gasteiger partial charge in [-0.05, 0) is 30.7 Å². The highest BCUT2D eigenvalue weighted by Crippen LogP contribution is 2.26. The van der Waals surface area contributed by atoms with Crippen LogP contribution in [0.5, 0.6) is 0 Å². The molecule has 1 N–H and O–H groups in total. The van der Waals surface area contributed by atoms with E-state index in [4.69, 9.17) is 11.6 Å². The number of nitrogens with zero attached hydrogens (tertiary/aromatic N) is 6. The van der Waals surface area contributed by atoms with Gasteiger partial charge in [-0.2, -0.15) is 4.52 Å². The Balaban J connectivity index is 1.49. The molecule has 4 rings (SSSR count). The van der Waals surface area contributed by atoms with Crippen LogP contribution in [0.15, 0.2) is 30.5 Å². The number of hydrogen-bond acceptors (Lipinski definition) is 6. The van der Waals surface area contributed by atoms with Gasteiger partial charge in [-0.1, -0.05) is 18.5 Å². The summed E-state index contributed by atoms with van der Waals surface area (Å²) in [6.45, 7) is 3.81. The van der Waals surface area contributed by atoms with Gasteiger partial charge in [0.1, 0.15) is 11.6 Å². The normalized spacial score (nSPS) is 17.6. The van der Waals surface area contributed by atoms with Crippen LogP contribution in [-0.4, -0.2) is 43.9 Å². The molecule has 3 aromatic rings. The summed E-state index contributed by atoms with van der Waals surface area (Å²) in [5.74, 6) is 2.54. The minimum Gasteiger partial charge on any atom is -0.364 e. The van der Waals surface area contributed by atoms with Crippen LogP contribution in [0.2, 0.25) is 5.02 Å². The number of aryl methyl sites for hydroxylation is 1. The van der Waals surface area contributed by atoms with Gasteiger partial charge >= 0.3 is 0 Å². The van der Waals surface area contributed by atoms with E-state index < -0.39 is 0 Å². The number of fused-ring (bicyclic) bond motifs is 1. The summed E-state index contributed by atoms with van der Waals surface area (Å²) < 4.78 is 1.80. The summed E-state index contributed by atoms with van der Waals surface area (Å²) in [6.07, 6.45) is 3.58. The Labute approximate surface area is 144 Å². The van der Waals surface area contributed by atoms with Crippen molar-refractivity contribution in [2.75, 3.05) is 23.3 Å². The van der Waals surface area contributed by atoms with E-state index >= 15 is 0 Å². The molecule has 124 valence electrons. The van der Waals surface area contributed by atoms with Crippen molar-refractivity contribution in [2.45, 2.75) is 25.8 Å². The second-order valence-corrected chi connectivity index (χ2v) is 6.25. The molecule has 24 heavy (non-hydrogen) atoms. The van der Waals surface area contributed by atoms with Crippen LogP contribution in [-0.2, 0) is 6.42 Å². The van der Waals surface area contributed by atoms with E-state index in [1.807, 2.05) is 31.2 Å². The molecule has 0 saturated carbocycles. The molecule has 0 amide bonds.